The van der Waals surface area contributed by atoms with Crippen molar-refractivity contribution in [3.63, 3.8) is 0 Å². The molecule has 5 heteroatoms. The fraction of sp³-hybridized carbons (Fsp3) is 0.533. The number of fused-ring (bicyclic) bond motifs is 2. The zero-order valence-corrected chi connectivity index (χ0v) is 13.1. The number of carbonyl (C=O) groups excluding carboxylic acids is 1. The number of hydrogen-bond acceptors (Lipinski definition) is 3. The van der Waals surface area contributed by atoms with Gasteiger partial charge in [0.25, 0.3) is 0 Å². The maximum atomic E-state index is 12.9. The molecule has 1 fully saturated rings. The van der Waals surface area contributed by atoms with Crippen molar-refractivity contribution in [1.29, 1.82) is 0 Å². The standard InChI is InChI=1S/C15H17Cl2NO2/c1-9-7-10(2)12-11(8-9)13(19)14(16)5-3-4-6-15(14,20)18(12)17/h7-8,20H,3-6H2,1-2H3. The van der Waals surface area contributed by atoms with Crippen molar-refractivity contribution >= 4 is 34.8 Å². The topological polar surface area (TPSA) is 40.5 Å². The third-order valence-electron chi connectivity index (χ3n) is 4.50. The Kier molecular flexibility index (Phi) is 3.09. The number of halogens is 2. The minimum atomic E-state index is -1.52. The van der Waals surface area contributed by atoms with Gasteiger partial charge in [-0.25, -0.2) is 0 Å². The van der Waals surface area contributed by atoms with E-state index in [2.05, 4.69) is 0 Å². The fourth-order valence-corrected chi connectivity index (χ4v) is 4.39. The van der Waals surface area contributed by atoms with E-state index in [0.29, 0.717) is 24.1 Å². The first-order valence-electron chi connectivity index (χ1n) is 6.84. The number of benzene rings is 1. The van der Waals surface area contributed by atoms with Gasteiger partial charge in [0.15, 0.2) is 16.4 Å². The maximum Gasteiger partial charge on any atom is 0.190 e. The second-order valence-electron chi connectivity index (χ2n) is 5.91. The summed E-state index contributed by atoms with van der Waals surface area (Å²) in [5.74, 6) is -0.208. The van der Waals surface area contributed by atoms with Gasteiger partial charge in [-0.15, -0.1) is 11.6 Å². The first kappa shape index (κ1) is 14.2. The summed E-state index contributed by atoms with van der Waals surface area (Å²) in [5, 5.41) is 11.0. The minimum absolute atomic E-state index is 0.208. The van der Waals surface area contributed by atoms with Gasteiger partial charge in [-0.2, -0.15) is 0 Å². The van der Waals surface area contributed by atoms with Crippen molar-refractivity contribution in [2.45, 2.75) is 50.1 Å². The Balaban J connectivity index is 2.29. The second kappa shape index (κ2) is 4.36. The third-order valence-corrected chi connectivity index (χ3v) is 5.61. The molecule has 0 saturated heterocycles. The van der Waals surface area contributed by atoms with E-state index in [9.17, 15) is 9.90 Å². The summed E-state index contributed by atoms with van der Waals surface area (Å²) < 4.78 is 1.30. The quantitative estimate of drug-likeness (QED) is 0.586. The number of hydrogen-bond donors (Lipinski definition) is 1. The van der Waals surface area contributed by atoms with Gasteiger partial charge in [0.1, 0.15) is 0 Å². The monoisotopic (exact) mass is 313 g/mol. The number of Topliss-reactive ketones (excluding diaryl/α,β-unsaturated/α-hetero) is 1. The molecule has 3 nitrogen and oxygen atoms in total. The van der Waals surface area contributed by atoms with Gasteiger partial charge in [-0.1, -0.05) is 12.5 Å². The number of carbonyl (C=O) groups is 1. The molecule has 1 aromatic carbocycles. The Hall–Kier alpha value is -0.770. The summed E-state index contributed by atoms with van der Waals surface area (Å²) in [4.78, 5) is 11.5. The van der Waals surface area contributed by atoms with Crippen LogP contribution < -0.4 is 4.42 Å². The zero-order valence-electron chi connectivity index (χ0n) is 11.5. The van der Waals surface area contributed by atoms with Crippen LogP contribution in [0.4, 0.5) is 5.69 Å². The van der Waals surface area contributed by atoms with Crippen LogP contribution in [0.1, 0.15) is 47.2 Å². The van der Waals surface area contributed by atoms with Crippen LogP contribution in [0.3, 0.4) is 0 Å². The molecule has 0 aromatic heterocycles. The van der Waals surface area contributed by atoms with E-state index in [0.717, 1.165) is 24.0 Å². The van der Waals surface area contributed by atoms with E-state index in [1.54, 1.807) is 6.07 Å². The molecule has 1 aromatic rings. The molecule has 1 N–H and O–H groups in total. The first-order chi connectivity index (χ1) is 9.31. The number of aliphatic hydroxyl groups is 1. The van der Waals surface area contributed by atoms with Gasteiger partial charge < -0.3 is 5.11 Å². The van der Waals surface area contributed by atoms with Crippen LogP contribution in [-0.4, -0.2) is 21.5 Å². The van der Waals surface area contributed by atoms with Crippen LogP contribution in [0.25, 0.3) is 0 Å². The molecule has 1 saturated carbocycles. The lowest BCUT2D eigenvalue weighted by atomic mass is 9.72. The molecule has 108 valence electrons. The Morgan fingerprint density at radius 1 is 1.25 bits per heavy atom. The summed E-state index contributed by atoms with van der Waals surface area (Å²) in [5.41, 5.74) is 1.45. The SMILES string of the molecule is Cc1cc(C)c2c(c1)C(=O)C1(Cl)CCCCC1(O)N2Cl. The van der Waals surface area contributed by atoms with Gasteiger partial charge in [-0.3, -0.25) is 9.21 Å². The second-order valence-corrected chi connectivity index (χ2v) is 6.90. The highest BCUT2D eigenvalue weighted by Crippen LogP contribution is 2.53. The van der Waals surface area contributed by atoms with Crippen LogP contribution in [-0.2, 0) is 0 Å². The van der Waals surface area contributed by atoms with E-state index in [1.165, 1.54) is 4.42 Å². The van der Waals surface area contributed by atoms with E-state index >= 15 is 0 Å². The molecular formula is C15H17Cl2NO2. The van der Waals surface area contributed by atoms with Crippen LogP contribution >= 0.6 is 23.4 Å². The summed E-state index contributed by atoms with van der Waals surface area (Å²) in [6.45, 7) is 3.82. The molecule has 0 bridgehead atoms. The van der Waals surface area contributed by atoms with Crippen molar-refractivity contribution in [3.8, 4) is 0 Å². The van der Waals surface area contributed by atoms with Crippen molar-refractivity contribution in [2.24, 2.45) is 0 Å². The molecule has 2 atom stereocenters. The lowest BCUT2D eigenvalue weighted by molar-refractivity contribution is -0.0172. The summed E-state index contributed by atoms with van der Waals surface area (Å²) in [7, 11) is 0. The number of alkyl halides is 1. The number of nitrogens with zero attached hydrogens (tertiary/aromatic N) is 1. The normalized spacial score (nSPS) is 32.9. The average molecular weight is 314 g/mol. The van der Waals surface area contributed by atoms with E-state index < -0.39 is 10.6 Å². The van der Waals surface area contributed by atoms with Crippen molar-refractivity contribution < 1.29 is 9.90 Å². The molecule has 0 radical (unpaired) electrons. The molecule has 2 aliphatic rings. The lowest BCUT2D eigenvalue weighted by Crippen LogP contribution is -2.67. The predicted octanol–water partition coefficient (Wildman–Crippen LogP) is 3.70. The highest BCUT2D eigenvalue weighted by atomic mass is 35.5. The molecule has 0 spiro atoms. The average Bonchev–Trinajstić information content (AvgIpc) is 2.38. The summed E-state index contributed by atoms with van der Waals surface area (Å²) in [6, 6.07) is 3.76. The Morgan fingerprint density at radius 2 is 1.90 bits per heavy atom. The molecule has 3 rings (SSSR count). The molecule has 1 heterocycles. The lowest BCUT2D eigenvalue weighted by Gasteiger charge is -2.52. The third kappa shape index (κ3) is 1.60. The Bertz CT molecular complexity index is 604. The van der Waals surface area contributed by atoms with E-state index in [1.807, 2.05) is 19.9 Å². The van der Waals surface area contributed by atoms with Crippen molar-refractivity contribution in [1.82, 2.24) is 0 Å². The van der Waals surface area contributed by atoms with Gasteiger partial charge >= 0.3 is 0 Å². The van der Waals surface area contributed by atoms with Crippen LogP contribution in [0, 0.1) is 13.8 Å². The Morgan fingerprint density at radius 3 is 2.60 bits per heavy atom. The number of anilines is 1. The van der Waals surface area contributed by atoms with Crippen LogP contribution in [0.2, 0.25) is 0 Å². The molecule has 2 unspecified atom stereocenters. The first-order valence-corrected chi connectivity index (χ1v) is 7.56. The fourth-order valence-electron chi connectivity index (χ4n) is 3.48. The van der Waals surface area contributed by atoms with Gasteiger partial charge in [0.05, 0.1) is 5.69 Å². The van der Waals surface area contributed by atoms with Crippen molar-refractivity contribution in [2.75, 3.05) is 4.42 Å². The maximum absolute atomic E-state index is 12.9. The van der Waals surface area contributed by atoms with E-state index in [-0.39, 0.29) is 5.78 Å². The highest BCUT2D eigenvalue weighted by molar-refractivity contribution is 6.43. The highest BCUT2D eigenvalue weighted by Gasteiger charge is 2.63. The molecule has 1 aliphatic heterocycles. The zero-order chi connectivity index (χ0) is 14.7. The van der Waals surface area contributed by atoms with Crippen LogP contribution in [0.15, 0.2) is 12.1 Å². The van der Waals surface area contributed by atoms with Crippen molar-refractivity contribution in [3.05, 3.63) is 28.8 Å². The molecule has 1 aliphatic carbocycles. The summed E-state index contributed by atoms with van der Waals surface area (Å²) >= 11 is 13.0. The van der Waals surface area contributed by atoms with E-state index in [4.69, 9.17) is 23.4 Å². The number of aryl methyl sites for hydroxylation is 2. The largest absolute Gasteiger partial charge is 0.368 e. The Labute approximate surface area is 128 Å². The van der Waals surface area contributed by atoms with Gasteiger partial charge in [0.2, 0.25) is 0 Å². The molecule has 20 heavy (non-hydrogen) atoms. The molecule has 0 amide bonds. The van der Waals surface area contributed by atoms with Gasteiger partial charge in [0, 0.05) is 17.3 Å². The number of ketones is 1. The minimum Gasteiger partial charge on any atom is -0.368 e. The smallest absolute Gasteiger partial charge is 0.190 e. The number of rotatable bonds is 0. The van der Waals surface area contributed by atoms with Gasteiger partial charge in [-0.05, 0) is 50.3 Å². The summed E-state index contributed by atoms with van der Waals surface area (Å²) in [6.07, 6.45) is 2.47. The molecular weight excluding hydrogens is 297 g/mol. The van der Waals surface area contributed by atoms with Crippen LogP contribution in [0.5, 0.6) is 0 Å². The predicted molar refractivity (Wildman–Crippen MR) is 80.6 cm³/mol.